The van der Waals surface area contributed by atoms with Crippen LogP contribution in [0.4, 0.5) is 5.69 Å². The molecule has 0 saturated carbocycles. The van der Waals surface area contributed by atoms with Gasteiger partial charge in [-0.1, -0.05) is 11.6 Å². The van der Waals surface area contributed by atoms with Crippen molar-refractivity contribution >= 4 is 33.2 Å². The van der Waals surface area contributed by atoms with E-state index < -0.39 is 15.6 Å². The van der Waals surface area contributed by atoms with Gasteiger partial charge in [0.1, 0.15) is 10.6 Å². The summed E-state index contributed by atoms with van der Waals surface area (Å²) in [7, 11) is -2.65. The number of carbonyl (C=O) groups excluding carboxylic acids is 1. The van der Waals surface area contributed by atoms with Gasteiger partial charge in [-0.25, -0.2) is 13.1 Å². The number of hydrogen-bond acceptors (Lipinski definition) is 5. The highest BCUT2D eigenvalue weighted by molar-refractivity contribution is 7.89. The van der Waals surface area contributed by atoms with E-state index in [9.17, 15) is 18.0 Å². The molecule has 0 fully saturated rings. The molecule has 1 aliphatic rings. The minimum atomic E-state index is -4.04. The van der Waals surface area contributed by atoms with Crippen molar-refractivity contribution in [3.63, 3.8) is 0 Å². The van der Waals surface area contributed by atoms with Gasteiger partial charge >= 0.3 is 0 Å². The number of pyridine rings is 1. The molecule has 1 amide bonds. The number of benzene rings is 1. The number of sulfonamides is 1. The Hall–Kier alpha value is -2.36. The fraction of sp³-hybridized carbons (Fsp3) is 0.294. The van der Waals surface area contributed by atoms with Crippen molar-refractivity contribution in [3.8, 4) is 5.75 Å². The monoisotopic (exact) mass is 411 g/mol. The van der Waals surface area contributed by atoms with E-state index in [4.69, 9.17) is 16.3 Å². The lowest BCUT2D eigenvalue weighted by molar-refractivity contribution is -0.116. The molecule has 8 nitrogen and oxygen atoms in total. The predicted molar refractivity (Wildman–Crippen MR) is 101 cm³/mol. The number of fused-ring (bicyclic) bond motifs is 1. The second-order valence-corrected chi connectivity index (χ2v) is 8.16. The van der Waals surface area contributed by atoms with Gasteiger partial charge in [0, 0.05) is 24.8 Å². The minimum absolute atomic E-state index is 0.0475. The predicted octanol–water partition coefficient (Wildman–Crippen LogP) is 1.79. The number of halogens is 1. The van der Waals surface area contributed by atoms with E-state index in [1.54, 1.807) is 6.07 Å². The van der Waals surface area contributed by atoms with Gasteiger partial charge in [-0.2, -0.15) is 0 Å². The number of ether oxygens (including phenoxy) is 1. The van der Waals surface area contributed by atoms with Crippen LogP contribution in [-0.2, 0) is 27.8 Å². The van der Waals surface area contributed by atoms with Crippen LogP contribution in [-0.4, -0.2) is 26.4 Å². The maximum absolute atomic E-state index is 12.7. The van der Waals surface area contributed by atoms with E-state index in [1.165, 1.54) is 25.4 Å². The fourth-order valence-corrected chi connectivity index (χ4v) is 4.44. The Morgan fingerprint density at radius 3 is 2.78 bits per heavy atom. The van der Waals surface area contributed by atoms with Crippen LogP contribution < -0.4 is 20.3 Å². The van der Waals surface area contributed by atoms with Crippen LogP contribution in [0, 0.1) is 0 Å². The minimum Gasteiger partial charge on any atom is -0.496 e. The molecular weight excluding hydrogens is 394 g/mol. The van der Waals surface area contributed by atoms with Crippen molar-refractivity contribution in [3.05, 3.63) is 50.9 Å². The quantitative estimate of drug-likeness (QED) is 0.693. The van der Waals surface area contributed by atoms with Gasteiger partial charge in [0.25, 0.3) is 5.56 Å². The van der Waals surface area contributed by atoms with Crippen molar-refractivity contribution in [2.45, 2.75) is 30.7 Å². The Morgan fingerprint density at radius 2 is 2.04 bits per heavy atom. The Morgan fingerprint density at radius 1 is 1.26 bits per heavy atom. The molecule has 0 atom stereocenters. The van der Waals surface area contributed by atoms with E-state index in [0.29, 0.717) is 24.9 Å². The second kappa shape index (κ2) is 7.71. The van der Waals surface area contributed by atoms with Gasteiger partial charge in [0.2, 0.25) is 15.9 Å². The average Bonchev–Trinajstić information content (AvgIpc) is 2.80. The molecule has 0 spiro atoms. The largest absolute Gasteiger partial charge is 0.496 e. The number of aromatic amines is 1. The normalized spacial score (nSPS) is 14.2. The number of H-pyrrole nitrogens is 1. The lowest BCUT2D eigenvalue weighted by Gasteiger charge is -2.13. The summed E-state index contributed by atoms with van der Waals surface area (Å²) in [6.07, 6.45) is 3.06. The van der Waals surface area contributed by atoms with Crippen LogP contribution in [0.1, 0.15) is 24.0 Å². The molecule has 27 heavy (non-hydrogen) atoms. The molecule has 0 saturated heterocycles. The summed E-state index contributed by atoms with van der Waals surface area (Å²) >= 11 is 6.18. The molecule has 0 aliphatic carbocycles. The summed E-state index contributed by atoms with van der Waals surface area (Å²) in [4.78, 5) is 26.0. The molecule has 0 bridgehead atoms. The summed E-state index contributed by atoms with van der Waals surface area (Å²) < 4.78 is 32.9. The van der Waals surface area contributed by atoms with Gasteiger partial charge in [-0.15, -0.1) is 0 Å². The van der Waals surface area contributed by atoms with Crippen LogP contribution in [0.3, 0.4) is 0 Å². The Kier molecular flexibility index (Phi) is 5.54. The SMILES string of the molecule is COc1cc[nH]c(=O)c1CNS(=O)(=O)c1cc2c(cc1Cl)CCCC(=O)N2. The standard InChI is InChI=1S/C17H18ClN3O5S/c1-26-14-5-6-19-17(23)11(14)9-20-27(24,25)15-8-13-10(7-12(15)18)3-2-4-16(22)21-13/h5-8,20H,2-4,9H2,1H3,(H,19,23)(H,21,22). The first-order chi connectivity index (χ1) is 12.8. The topological polar surface area (TPSA) is 117 Å². The smallest absolute Gasteiger partial charge is 0.256 e. The number of aryl methyl sites for hydroxylation is 1. The maximum Gasteiger partial charge on any atom is 0.256 e. The molecule has 0 radical (unpaired) electrons. The number of carbonyl (C=O) groups is 1. The summed E-state index contributed by atoms with van der Waals surface area (Å²) in [6.45, 7) is -0.276. The fourth-order valence-electron chi connectivity index (χ4n) is 2.87. The van der Waals surface area contributed by atoms with Crippen molar-refractivity contribution in [2.75, 3.05) is 12.4 Å². The van der Waals surface area contributed by atoms with Crippen LogP contribution >= 0.6 is 11.6 Å². The van der Waals surface area contributed by atoms with Crippen molar-refractivity contribution in [1.82, 2.24) is 9.71 Å². The summed E-state index contributed by atoms with van der Waals surface area (Å²) in [6, 6.07) is 4.42. The van der Waals surface area contributed by atoms with E-state index in [2.05, 4.69) is 15.0 Å². The number of nitrogens with one attached hydrogen (secondary N) is 3. The highest BCUT2D eigenvalue weighted by atomic mass is 35.5. The molecule has 2 aromatic rings. The third-order valence-corrected chi connectivity index (χ3v) is 6.12. The van der Waals surface area contributed by atoms with Gasteiger partial charge in [0.05, 0.1) is 17.7 Å². The summed E-state index contributed by atoms with van der Waals surface area (Å²) in [5.41, 5.74) is 0.892. The van der Waals surface area contributed by atoms with Crippen LogP contribution in [0.25, 0.3) is 0 Å². The third-order valence-electron chi connectivity index (χ3n) is 4.25. The Labute approximate surface area is 160 Å². The van der Waals surface area contributed by atoms with Gasteiger partial charge in [0.15, 0.2) is 0 Å². The van der Waals surface area contributed by atoms with Crippen molar-refractivity contribution in [1.29, 1.82) is 0 Å². The Bertz CT molecular complexity index is 1050. The summed E-state index contributed by atoms with van der Waals surface area (Å²) in [5, 5.41) is 2.75. The lowest BCUT2D eigenvalue weighted by atomic mass is 10.1. The van der Waals surface area contributed by atoms with Crippen molar-refractivity contribution in [2.24, 2.45) is 0 Å². The van der Waals surface area contributed by atoms with Gasteiger partial charge in [-0.3, -0.25) is 9.59 Å². The number of anilines is 1. The lowest BCUT2D eigenvalue weighted by Crippen LogP contribution is -2.27. The number of rotatable bonds is 5. The van der Waals surface area contributed by atoms with Crippen LogP contribution in [0.15, 0.2) is 34.1 Å². The van der Waals surface area contributed by atoms with E-state index in [0.717, 1.165) is 5.56 Å². The summed E-state index contributed by atoms with van der Waals surface area (Å²) in [5.74, 6) is 0.0923. The molecule has 1 aliphatic heterocycles. The average molecular weight is 412 g/mol. The Balaban J connectivity index is 1.92. The number of amides is 1. The maximum atomic E-state index is 12.7. The van der Waals surface area contributed by atoms with E-state index in [-0.39, 0.29) is 33.7 Å². The highest BCUT2D eigenvalue weighted by Gasteiger charge is 2.23. The van der Waals surface area contributed by atoms with E-state index in [1.807, 2.05) is 0 Å². The third kappa shape index (κ3) is 4.15. The van der Waals surface area contributed by atoms with Gasteiger partial charge < -0.3 is 15.0 Å². The van der Waals surface area contributed by atoms with Crippen molar-refractivity contribution < 1.29 is 17.9 Å². The molecule has 3 rings (SSSR count). The second-order valence-electron chi connectivity index (χ2n) is 6.02. The molecule has 10 heteroatoms. The number of hydrogen-bond donors (Lipinski definition) is 3. The zero-order chi connectivity index (χ0) is 19.6. The molecule has 1 aromatic carbocycles. The number of methoxy groups -OCH3 is 1. The molecule has 1 aromatic heterocycles. The zero-order valence-corrected chi connectivity index (χ0v) is 16.0. The molecule has 144 valence electrons. The van der Waals surface area contributed by atoms with E-state index >= 15 is 0 Å². The zero-order valence-electron chi connectivity index (χ0n) is 14.5. The molecule has 2 heterocycles. The molecular formula is C17H18ClN3O5S. The number of aromatic nitrogens is 1. The first kappa shape index (κ1) is 19.4. The first-order valence-electron chi connectivity index (χ1n) is 8.18. The highest BCUT2D eigenvalue weighted by Crippen LogP contribution is 2.31. The molecule has 0 unspecified atom stereocenters. The van der Waals surface area contributed by atoms with Crippen LogP contribution in [0.2, 0.25) is 5.02 Å². The van der Waals surface area contributed by atoms with Gasteiger partial charge in [-0.05, 0) is 36.6 Å². The van der Waals surface area contributed by atoms with Crippen LogP contribution in [0.5, 0.6) is 5.75 Å². The first-order valence-corrected chi connectivity index (χ1v) is 10.0. The molecule has 3 N–H and O–H groups in total.